The van der Waals surface area contributed by atoms with Gasteiger partial charge in [0.05, 0.1) is 5.56 Å². The number of carbonyl (C=O) groups is 1. The highest BCUT2D eigenvalue weighted by Gasteiger charge is 2.32. The number of aromatic carboxylic acids is 1. The molecule has 7 nitrogen and oxygen atoms in total. The minimum atomic E-state index is -0.944. The summed E-state index contributed by atoms with van der Waals surface area (Å²) < 4.78 is 13.4. The van der Waals surface area contributed by atoms with E-state index in [1.54, 1.807) is 25.1 Å². The number of aryl methyl sites for hydroxylation is 1. The first-order valence-electron chi connectivity index (χ1n) is 9.28. The molecule has 0 saturated carbocycles. The average molecular weight is 393 g/mol. The molecule has 3 aromatic rings. The monoisotopic (exact) mass is 393 g/mol. The predicted octanol–water partition coefficient (Wildman–Crippen LogP) is 3.71. The van der Waals surface area contributed by atoms with Crippen LogP contribution in [0.4, 0.5) is 22.0 Å². The van der Waals surface area contributed by atoms with Gasteiger partial charge in [-0.15, -0.1) is 0 Å². The highest BCUT2D eigenvalue weighted by Crippen LogP contribution is 2.38. The van der Waals surface area contributed by atoms with E-state index >= 15 is 0 Å². The van der Waals surface area contributed by atoms with Crippen LogP contribution in [0.25, 0.3) is 0 Å². The van der Waals surface area contributed by atoms with Crippen molar-refractivity contribution in [1.82, 2.24) is 15.0 Å². The quantitative estimate of drug-likeness (QED) is 0.683. The summed E-state index contributed by atoms with van der Waals surface area (Å²) in [5, 5.41) is 12.6. The van der Waals surface area contributed by atoms with Gasteiger partial charge in [0, 0.05) is 18.3 Å². The van der Waals surface area contributed by atoms with Crippen LogP contribution in [0.1, 0.15) is 34.2 Å². The van der Waals surface area contributed by atoms with Gasteiger partial charge in [0.2, 0.25) is 11.9 Å². The Bertz CT molecular complexity index is 1090. The number of nitrogens with one attached hydrogen (secondary N) is 1. The van der Waals surface area contributed by atoms with Crippen LogP contribution in [-0.4, -0.2) is 32.1 Å². The zero-order valence-corrected chi connectivity index (χ0v) is 16.1. The second-order valence-corrected chi connectivity index (χ2v) is 7.02. The van der Waals surface area contributed by atoms with Crippen LogP contribution in [0.3, 0.4) is 0 Å². The van der Waals surface area contributed by atoms with Crippen molar-refractivity contribution in [2.24, 2.45) is 0 Å². The van der Waals surface area contributed by atoms with Gasteiger partial charge in [-0.2, -0.15) is 15.0 Å². The molecule has 0 aliphatic carbocycles. The van der Waals surface area contributed by atoms with E-state index in [2.05, 4.69) is 20.3 Å². The molecule has 0 amide bonds. The van der Waals surface area contributed by atoms with Crippen LogP contribution in [0.15, 0.2) is 42.5 Å². The average Bonchev–Trinajstić information content (AvgIpc) is 3.01. The van der Waals surface area contributed by atoms with Crippen molar-refractivity contribution in [2.45, 2.75) is 32.9 Å². The SMILES string of the molecule is Cc1nc(NCc2cccc(F)c2)nc(N2c3cccc(C(=O)O)c3CC2C)n1. The van der Waals surface area contributed by atoms with Crippen molar-refractivity contribution in [3.63, 3.8) is 0 Å². The Morgan fingerprint density at radius 2 is 2.03 bits per heavy atom. The summed E-state index contributed by atoms with van der Waals surface area (Å²) in [6.07, 6.45) is 0.592. The Hall–Kier alpha value is -3.55. The largest absolute Gasteiger partial charge is 0.478 e. The molecule has 148 valence electrons. The van der Waals surface area contributed by atoms with Gasteiger partial charge < -0.3 is 15.3 Å². The highest BCUT2D eigenvalue weighted by atomic mass is 19.1. The molecule has 0 radical (unpaired) electrons. The number of carboxylic acids is 1. The number of benzene rings is 2. The van der Waals surface area contributed by atoms with Crippen LogP contribution in [0, 0.1) is 12.7 Å². The maximum atomic E-state index is 13.4. The molecule has 0 fully saturated rings. The van der Waals surface area contributed by atoms with E-state index in [1.807, 2.05) is 24.0 Å². The van der Waals surface area contributed by atoms with Crippen molar-refractivity contribution in [1.29, 1.82) is 0 Å². The Morgan fingerprint density at radius 3 is 2.79 bits per heavy atom. The summed E-state index contributed by atoms with van der Waals surface area (Å²) in [5.74, 6) is 0.125. The van der Waals surface area contributed by atoms with E-state index in [-0.39, 0.29) is 11.9 Å². The third kappa shape index (κ3) is 3.73. The maximum absolute atomic E-state index is 13.4. The standard InChI is InChI=1S/C21H20FN5O2/c1-12-9-17-16(19(28)29)7-4-8-18(17)27(12)21-25-13(2)24-20(26-21)23-11-14-5-3-6-15(22)10-14/h3-8,10,12H,9,11H2,1-2H3,(H,28,29)(H,23,24,25,26). The number of carboxylic acid groups (broad SMARTS) is 1. The summed E-state index contributed by atoms with van der Waals surface area (Å²) in [7, 11) is 0. The normalized spacial score (nSPS) is 15.3. The third-order valence-electron chi connectivity index (χ3n) is 4.87. The molecular weight excluding hydrogens is 373 g/mol. The van der Waals surface area contributed by atoms with Gasteiger partial charge in [-0.1, -0.05) is 18.2 Å². The van der Waals surface area contributed by atoms with Crippen molar-refractivity contribution in [3.05, 3.63) is 70.8 Å². The molecule has 29 heavy (non-hydrogen) atoms. The van der Waals surface area contributed by atoms with Gasteiger partial charge in [-0.25, -0.2) is 9.18 Å². The third-order valence-corrected chi connectivity index (χ3v) is 4.87. The molecule has 2 N–H and O–H groups in total. The molecule has 0 saturated heterocycles. The minimum Gasteiger partial charge on any atom is -0.478 e. The maximum Gasteiger partial charge on any atom is 0.336 e. The lowest BCUT2D eigenvalue weighted by molar-refractivity contribution is 0.0696. The van der Waals surface area contributed by atoms with E-state index in [9.17, 15) is 14.3 Å². The van der Waals surface area contributed by atoms with Crippen molar-refractivity contribution in [2.75, 3.05) is 10.2 Å². The molecular formula is C21H20FN5O2. The molecule has 8 heteroatoms. The molecule has 1 aromatic heterocycles. The van der Waals surface area contributed by atoms with E-state index in [0.717, 1.165) is 16.8 Å². The number of hydrogen-bond acceptors (Lipinski definition) is 6. The van der Waals surface area contributed by atoms with Gasteiger partial charge in [0.1, 0.15) is 11.6 Å². The van der Waals surface area contributed by atoms with E-state index < -0.39 is 5.97 Å². The number of anilines is 3. The first-order valence-corrected chi connectivity index (χ1v) is 9.28. The summed E-state index contributed by atoms with van der Waals surface area (Å²) in [5.41, 5.74) is 2.64. The van der Waals surface area contributed by atoms with Crippen molar-refractivity contribution >= 4 is 23.6 Å². The minimum absolute atomic E-state index is 0.00312. The highest BCUT2D eigenvalue weighted by molar-refractivity contribution is 5.92. The molecule has 1 unspecified atom stereocenters. The summed E-state index contributed by atoms with van der Waals surface area (Å²) in [4.78, 5) is 26.8. The lowest BCUT2D eigenvalue weighted by Gasteiger charge is -2.23. The molecule has 4 rings (SSSR count). The Balaban J connectivity index is 1.65. The van der Waals surface area contributed by atoms with Crippen LogP contribution in [-0.2, 0) is 13.0 Å². The smallest absolute Gasteiger partial charge is 0.336 e. The molecule has 0 bridgehead atoms. The molecule has 1 aliphatic rings. The lowest BCUT2D eigenvalue weighted by atomic mass is 10.0. The van der Waals surface area contributed by atoms with Crippen molar-refractivity contribution in [3.8, 4) is 0 Å². The van der Waals surface area contributed by atoms with Gasteiger partial charge >= 0.3 is 5.97 Å². The Kier molecular flexibility index (Phi) is 4.84. The van der Waals surface area contributed by atoms with Crippen LogP contribution >= 0.6 is 0 Å². The number of hydrogen-bond donors (Lipinski definition) is 2. The second-order valence-electron chi connectivity index (χ2n) is 7.02. The summed E-state index contributed by atoms with van der Waals surface area (Å²) in [6, 6.07) is 11.5. The fourth-order valence-corrected chi connectivity index (χ4v) is 3.63. The van der Waals surface area contributed by atoms with E-state index in [1.165, 1.54) is 12.1 Å². The zero-order chi connectivity index (χ0) is 20.5. The fraction of sp³-hybridized carbons (Fsp3) is 0.238. The first kappa shape index (κ1) is 18.8. The summed E-state index contributed by atoms with van der Waals surface area (Å²) >= 11 is 0. The Labute approximate surface area is 167 Å². The van der Waals surface area contributed by atoms with Crippen LogP contribution in [0.2, 0.25) is 0 Å². The van der Waals surface area contributed by atoms with Crippen molar-refractivity contribution < 1.29 is 14.3 Å². The number of fused-ring (bicyclic) bond motifs is 1. The molecule has 0 spiro atoms. The molecule has 2 aromatic carbocycles. The van der Waals surface area contributed by atoms with Gasteiger partial charge in [0.15, 0.2) is 0 Å². The topological polar surface area (TPSA) is 91.2 Å². The van der Waals surface area contributed by atoms with E-state index in [0.29, 0.717) is 36.3 Å². The summed E-state index contributed by atoms with van der Waals surface area (Å²) in [6.45, 7) is 4.15. The predicted molar refractivity (Wildman–Crippen MR) is 107 cm³/mol. The molecule has 1 aliphatic heterocycles. The number of rotatable bonds is 5. The van der Waals surface area contributed by atoms with Gasteiger partial charge in [0.25, 0.3) is 0 Å². The van der Waals surface area contributed by atoms with Gasteiger partial charge in [-0.05, 0) is 55.7 Å². The van der Waals surface area contributed by atoms with Gasteiger partial charge in [-0.3, -0.25) is 0 Å². The van der Waals surface area contributed by atoms with Crippen LogP contribution < -0.4 is 10.2 Å². The number of nitrogens with zero attached hydrogens (tertiary/aromatic N) is 4. The fourth-order valence-electron chi connectivity index (χ4n) is 3.63. The zero-order valence-electron chi connectivity index (χ0n) is 16.1. The van der Waals surface area contributed by atoms with Crippen LogP contribution in [0.5, 0.6) is 0 Å². The second kappa shape index (κ2) is 7.46. The molecule has 2 heterocycles. The Morgan fingerprint density at radius 1 is 1.24 bits per heavy atom. The molecule has 1 atom stereocenters. The lowest BCUT2D eigenvalue weighted by Crippen LogP contribution is -2.26. The first-order chi connectivity index (χ1) is 13.9. The number of aromatic nitrogens is 3. The number of halogens is 1. The van der Waals surface area contributed by atoms with E-state index in [4.69, 9.17) is 0 Å².